The molecule has 5 nitrogen and oxygen atoms in total. The SMILES string of the molecule is [N-]=Cc1ccccc1O.[N-]=Cc1ccccc1O.[O]=[V+2]. The summed E-state index contributed by atoms with van der Waals surface area (Å²) in [5, 5.41) is 34.7. The van der Waals surface area contributed by atoms with Gasteiger partial charge in [0.05, 0.1) is 0 Å². The van der Waals surface area contributed by atoms with Gasteiger partial charge in [-0.15, -0.1) is 0 Å². The van der Waals surface area contributed by atoms with E-state index in [1.807, 2.05) is 0 Å². The van der Waals surface area contributed by atoms with Crippen molar-refractivity contribution in [2.45, 2.75) is 0 Å². The maximum absolute atomic E-state index is 8.92. The third kappa shape index (κ3) is 6.08. The molecule has 0 aromatic heterocycles. The van der Waals surface area contributed by atoms with Crippen molar-refractivity contribution in [3.63, 3.8) is 0 Å². The fourth-order valence-electron chi connectivity index (χ4n) is 1.19. The predicted octanol–water partition coefficient (Wildman–Crippen LogP) is 2.64. The quantitative estimate of drug-likeness (QED) is 0.834. The van der Waals surface area contributed by atoms with Gasteiger partial charge in [-0.3, -0.25) is 0 Å². The second kappa shape index (κ2) is 10.7. The molecule has 0 spiro atoms. The van der Waals surface area contributed by atoms with Gasteiger partial charge >= 0.3 is 21.0 Å². The molecule has 2 aromatic rings. The van der Waals surface area contributed by atoms with E-state index in [-0.39, 0.29) is 11.5 Å². The van der Waals surface area contributed by atoms with Crippen molar-refractivity contribution in [2.75, 3.05) is 0 Å². The van der Waals surface area contributed by atoms with Gasteiger partial charge in [0, 0.05) is 0 Å². The number of phenolic OH excluding ortho intramolecular Hbond substituents is 2. The Kier molecular flexibility index (Phi) is 9.47. The van der Waals surface area contributed by atoms with E-state index in [1.165, 1.54) is 12.1 Å². The molecule has 2 aromatic carbocycles. The summed E-state index contributed by atoms with van der Waals surface area (Å²) in [6, 6.07) is 13.1. The summed E-state index contributed by atoms with van der Waals surface area (Å²) in [4.78, 5) is 0. The average molecular weight is 307 g/mol. The van der Waals surface area contributed by atoms with E-state index in [0.717, 1.165) is 29.8 Å². The van der Waals surface area contributed by atoms with E-state index < -0.39 is 0 Å². The van der Waals surface area contributed by atoms with Gasteiger partial charge in [0.1, 0.15) is 11.5 Å². The molecule has 0 bridgehead atoms. The van der Waals surface area contributed by atoms with Crippen molar-refractivity contribution in [1.29, 1.82) is 0 Å². The second-order valence-electron chi connectivity index (χ2n) is 3.38. The average Bonchev–Trinajstić information content (AvgIpc) is 2.51. The van der Waals surface area contributed by atoms with Gasteiger partial charge in [-0.2, -0.15) is 12.4 Å². The Bertz CT molecular complexity index is 512. The van der Waals surface area contributed by atoms with Gasteiger partial charge in [-0.25, -0.2) is 0 Å². The minimum atomic E-state index is 0.0972. The summed E-state index contributed by atoms with van der Waals surface area (Å²) in [6.45, 7) is 0. The minimum absolute atomic E-state index is 0.0972. The van der Waals surface area contributed by atoms with Crippen molar-refractivity contribution >= 4 is 12.4 Å². The molecule has 0 aliphatic heterocycles. The standard InChI is InChI=1S/2C7H6NO.O.V/c2*8-5-6-3-1-2-4-7(6)9;;/h2*1-5,9H;;/q2*-1;;+2. The molecule has 0 heterocycles. The van der Waals surface area contributed by atoms with Crippen LogP contribution in [0.1, 0.15) is 11.1 Å². The Hall–Kier alpha value is -2.24. The van der Waals surface area contributed by atoms with Crippen LogP contribution in [0.15, 0.2) is 48.5 Å². The van der Waals surface area contributed by atoms with Crippen molar-refractivity contribution < 1.29 is 31.3 Å². The van der Waals surface area contributed by atoms with Crippen LogP contribution in [-0.2, 0) is 21.0 Å². The number of hydrogen-bond acceptors (Lipinski definition) is 3. The zero-order valence-electron chi connectivity index (χ0n) is 10.4. The van der Waals surface area contributed by atoms with E-state index in [4.69, 9.17) is 24.7 Å². The van der Waals surface area contributed by atoms with E-state index in [0.29, 0.717) is 11.1 Å². The van der Waals surface area contributed by atoms with E-state index in [2.05, 4.69) is 0 Å². The van der Waals surface area contributed by atoms with Gasteiger partial charge in [0.2, 0.25) is 0 Å². The van der Waals surface area contributed by atoms with Crippen LogP contribution in [0.2, 0.25) is 0 Å². The molecule has 0 aliphatic carbocycles. The number of phenols is 2. The van der Waals surface area contributed by atoms with Crippen molar-refractivity contribution in [1.82, 2.24) is 0 Å². The number of rotatable bonds is 2. The number of benzene rings is 2. The molecule has 0 fully saturated rings. The molecule has 101 valence electrons. The van der Waals surface area contributed by atoms with Crippen LogP contribution in [-0.4, -0.2) is 22.6 Å². The van der Waals surface area contributed by atoms with Crippen LogP contribution in [0, 0.1) is 0 Å². The zero-order chi connectivity index (χ0) is 15.4. The van der Waals surface area contributed by atoms with Gasteiger partial charge in [-0.1, -0.05) is 36.4 Å². The molecule has 0 unspecified atom stereocenters. The Morgan fingerprint density at radius 2 is 1.05 bits per heavy atom. The maximum atomic E-state index is 8.92. The van der Waals surface area contributed by atoms with E-state index in [1.54, 1.807) is 36.4 Å². The number of hydrogen-bond donors (Lipinski definition) is 2. The third-order valence-corrected chi connectivity index (χ3v) is 2.15. The molecular weight excluding hydrogens is 295 g/mol. The normalized spacial score (nSPS) is 8.30. The molecule has 0 atom stereocenters. The van der Waals surface area contributed by atoms with E-state index in [9.17, 15) is 0 Å². The van der Waals surface area contributed by atoms with Gasteiger partial charge in [0.15, 0.2) is 0 Å². The van der Waals surface area contributed by atoms with Gasteiger partial charge < -0.3 is 21.0 Å². The van der Waals surface area contributed by atoms with E-state index >= 15 is 0 Å². The van der Waals surface area contributed by atoms with Crippen molar-refractivity contribution in [2.24, 2.45) is 0 Å². The van der Waals surface area contributed by atoms with Crippen LogP contribution in [0.25, 0.3) is 10.8 Å². The van der Waals surface area contributed by atoms with Crippen LogP contribution in [0.4, 0.5) is 0 Å². The predicted molar refractivity (Wildman–Crippen MR) is 74.0 cm³/mol. The first-order valence-corrected chi connectivity index (χ1v) is 5.95. The second-order valence-corrected chi connectivity index (χ2v) is 3.38. The fourth-order valence-corrected chi connectivity index (χ4v) is 1.19. The molecule has 0 radical (unpaired) electrons. The zero-order valence-corrected chi connectivity index (χ0v) is 11.8. The summed E-state index contributed by atoms with van der Waals surface area (Å²) < 4.78 is 8.19. The molecule has 0 amide bonds. The molecule has 0 aliphatic rings. The van der Waals surface area contributed by atoms with Crippen LogP contribution < -0.4 is 0 Å². The number of aromatic hydroxyl groups is 2. The number of para-hydroxylation sites is 2. The molecule has 2 N–H and O–H groups in total. The monoisotopic (exact) mass is 307 g/mol. The third-order valence-electron chi connectivity index (χ3n) is 2.15. The molecule has 0 saturated heterocycles. The molecule has 20 heavy (non-hydrogen) atoms. The molecule has 6 heteroatoms. The number of nitrogens with zero attached hydrogens (tertiary/aromatic N) is 2. The van der Waals surface area contributed by atoms with Crippen LogP contribution >= 0.6 is 0 Å². The fraction of sp³-hybridized carbons (Fsp3) is 0. The van der Waals surface area contributed by atoms with Crippen LogP contribution in [0.3, 0.4) is 0 Å². The first kappa shape index (κ1) is 17.8. The van der Waals surface area contributed by atoms with Gasteiger partial charge in [0.25, 0.3) is 0 Å². The van der Waals surface area contributed by atoms with Crippen LogP contribution in [0.5, 0.6) is 11.5 Å². The summed E-state index contributed by atoms with van der Waals surface area (Å²) in [7, 11) is 0. The summed E-state index contributed by atoms with van der Waals surface area (Å²) >= 11 is 1.06. The molecule has 2 rings (SSSR count). The van der Waals surface area contributed by atoms with Gasteiger partial charge in [-0.05, 0) is 23.3 Å². The Morgan fingerprint density at radius 1 is 0.750 bits per heavy atom. The first-order chi connectivity index (χ1) is 9.69. The summed E-state index contributed by atoms with van der Waals surface area (Å²) in [5.41, 5.74) is 0.884. The topological polar surface area (TPSA) is 102 Å². The molecule has 0 saturated carbocycles. The Morgan fingerprint density at radius 3 is 1.25 bits per heavy atom. The first-order valence-electron chi connectivity index (χ1n) is 5.38. The summed E-state index contributed by atoms with van der Waals surface area (Å²) in [5.74, 6) is 0.194. The Balaban J connectivity index is 0.000000321. The Labute approximate surface area is 126 Å². The van der Waals surface area contributed by atoms with Crippen molar-refractivity contribution in [3.05, 3.63) is 70.5 Å². The summed E-state index contributed by atoms with van der Waals surface area (Å²) in [6.07, 6.45) is 1.74. The van der Waals surface area contributed by atoms with Crippen molar-refractivity contribution in [3.8, 4) is 11.5 Å². The molecular formula is C14H12N2O3V.